The highest BCUT2D eigenvalue weighted by atomic mass is 14.7. The van der Waals surface area contributed by atoms with Gasteiger partial charge in [-0.1, -0.05) is 24.3 Å². The van der Waals surface area contributed by atoms with Gasteiger partial charge in [-0.2, -0.15) is 0 Å². The number of pyridine rings is 2. The molecule has 0 saturated heterocycles. The minimum Gasteiger partial charge on any atom is -0.324 e. The van der Waals surface area contributed by atoms with E-state index in [-0.39, 0.29) is 6.04 Å². The van der Waals surface area contributed by atoms with Gasteiger partial charge >= 0.3 is 0 Å². The van der Waals surface area contributed by atoms with Crippen LogP contribution in [0.3, 0.4) is 0 Å². The van der Waals surface area contributed by atoms with Gasteiger partial charge in [-0.15, -0.1) is 0 Å². The van der Waals surface area contributed by atoms with Crippen LogP contribution in [-0.2, 0) is 6.42 Å². The van der Waals surface area contributed by atoms with Crippen molar-refractivity contribution in [2.24, 2.45) is 5.73 Å². The molecule has 3 nitrogen and oxygen atoms in total. The van der Waals surface area contributed by atoms with Gasteiger partial charge < -0.3 is 5.73 Å². The molecule has 0 aliphatic rings. The molecule has 0 aliphatic heterocycles. The van der Waals surface area contributed by atoms with E-state index in [2.05, 4.69) is 22.1 Å². The first-order chi connectivity index (χ1) is 9.34. The number of nitrogens with zero attached hydrogens (tertiary/aromatic N) is 2. The SMILES string of the molecule is NC(Cc1ccccn1)c1cccc2cnccc12. The summed E-state index contributed by atoms with van der Waals surface area (Å²) in [5, 5.41) is 2.29. The summed E-state index contributed by atoms with van der Waals surface area (Å²) in [6.07, 6.45) is 6.21. The van der Waals surface area contributed by atoms with E-state index in [1.807, 2.05) is 36.5 Å². The standard InChI is InChI=1S/C16H15N3/c17-16(10-13-5-1-2-8-19-13)15-6-3-4-12-11-18-9-7-14(12)15/h1-9,11,16H,10,17H2. The lowest BCUT2D eigenvalue weighted by Gasteiger charge is -2.14. The second-order valence-corrected chi connectivity index (χ2v) is 4.58. The molecule has 0 aliphatic carbocycles. The highest BCUT2D eigenvalue weighted by Crippen LogP contribution is 2.24. The molecule has 1 unspecified atom stereocenters. The Morgan fingerprint density at radius 1 is 1.00 bits per heavy atom. The summed E-state index contributed by atoms with van der Waals surface area (Å²) in [5.41, 5.74) is 8.49. The second-order valence-electron chi connectivity index (χ2n) is 4.58. The Morgan fingerprint density at radius 2 is 1.95 bits per heavy atom. The van der Waals surface area contributed by atoms with Gasteiger partial charge in [0, 0.05) is 42.1 Å². The lowest BCUT2D eigenvalue weighted by atomic mass is 9.97. The normalized spacial score (nSPS) is 12.5. The first-order valence-corrected chi connectivity index (χ1v) is 6.33. The molecule has 1 aromatic carbocycles. The molecule has 3 aromatic rings. The van der Waals surface area contributed by atoms with Crippen LogP contribution in [0.25, 0.3) is 10.8 Å². The van der Waals surface area contributed by atoms with Crippen LogP contribution in [0.5, 0.6) is 0 Å². The Hall–Kier alpha value is -2.26. The van der Waals surface area contributed by atoms with Crippen LogP contribution in [0.15, 0.2) is 61.1 Å². The van der Waals surface area contributed by atoms with Crippen LogP contribution in [0.1, 0.15) is 17.3 Å². The van der Waals surface area contributed by atoms with Crippen molar-refractivity contribution in [3.8, 4) is 0 Å². The number of fused-ring (bicyclic) bond motifs is 1. The summed E-state index contributed by atoms with van der Waals surface area (Å²) in [7, 11) is 0. The smallest absolute Gasteiger partial charge is 0.0422 e. The van der Waals surface area contributed by atoms with E-state index < -0.39 is 0 Å². The molecular weight excluding hydrogens is 234 g/mol. The van der Waals surface area contributed by atoms with Gasteiger partial charge in [-0.25, -0.2) is 0 Å². The highest BCUT2D eigenvalue weighted by molar-refractivity contribution is 5.85. The number of nitrogens with two attached hydrogens (primary N) is 1. The number of hydrogen-bond donors (Lipinski definition) is 1. The summed E-state index contributed by atoms with van der Waals surface area (Å²) < 4.78 is 0. The first kappa shape index (κ1) is 11.8. The quantitative estimate of drug-likeness (QED) is 0.776. The Morgan fingerprint density at radius 3 is 2.79 bits per heavy atom. The average molecular weight is 249 g/mol. The Kier molecular flexibility index (Phi) is 3.21. The molecule has 0 bridgehead atoms. The van der Waals surface area contributed by atoms with Gasteiger partial charge in [0.15, 0.2) is 0 Å². The van der Waals surface area contributed by atoms with Gasteiger partial charge in [0.05, 0.1) is 0 Å². The van der Waals surface area contributed by atoms with E-state index in [0.717, 1.165) is 23.1 Å². The lowest BCUT2D eigenvalue weighted by Crippen LogP contribution is -2.14. The van der Waals surface area contributed by atoms with Crippen LogP contribution in [0, 0.1) is 0 Å². The molecule has 3 heteroatoms. The Bertz CT molecular complexity index is 674. The predicted octanol–water partition coefficient (Wildman–Crippen LogP) is 2.87. The van der Waals surface area contributed by atoms with Crippen molar-refractivity contribution in [1.82, 2.24) is 9.97 Å². The monoisotopic (exact) mass is 249 g/mol. The second kappa shape index (κ2) is 5.16. The van der Waals surface area contributed by atoms with Crippen molar-refractivity contribution in [1.29, 1.82) is 0 Å². The third-order valence-corrected chi connectivity index (χ3v) is 3.27. The van der Waals surface area contributed by atoms with E-state index in [0.29, 0.717) is 0 Å². The largest absolute Gasteiger partial charge is 0.324 e. The van der Waals surface area contributed by atoms with Gasteiger partial charge in [0.2, 0.25) is 0 Å². The number of hydrogen-bond acceptors (Lipinski definition) is 3. The van der Waals surface area contributed by atoms with Crippen molar-refractivity contribution >= 4 is 10.8 Å². The minimum atomic E-state index is -0.0546. The first-order valence-electron chi connectivity index (χ1n) is 6.33. The van der Waals surface area contributed by atoms with Crippen molar-refractivity contribution in [3.63, 3.8) is 0 Å². The number of aromatic nitrogens is 2. The third kappa shape index (κ3) is 2.46. The molecule has 0 amide bonds. The van der Waals surface area contributed by atoms with E-state index in [9.17, 15) is 0 Å². The highest BCUT2D eigenvalue weighted by Gasteiger charge is 2.10. The van der Waals surface area contributed by atoms with Crippen LogP contribution in [0.2, 0.25) is 0 Å². The van der Waals surface area contributed by atoms with Gasteiger partial charge in [0.25, 0.3) is 0 Å². The molecular formula is C16H15N3. The third-order valence-electron chi connectivity index (χ3n) is 3.27. The molecule has 0 fully saturated rings. The summed E-state index contributed by atoms with van der Waals surface area (Å²) in [5.74, 6) is 0. The van der Waals surface area contributed by atoms with Crippen molar-refractivity contribution in [2.45, 2.75) is 12.5 Å². The zero-order valence-corrected chi connectivity index (χ0v) is 10.5. The van der Waals surface area contributed by atoms with Crippen LogP contribution in [0.4, 0.5) is 0 Å². The minimum absolute atomic E-state index is 0.0546. The maximum atomic E-state index is 6.33. The fourth-order valence-corrected chi connectivity index (χ4v) is 2.33. The van der Waals surface area contributed by atoms with Gasteiger partial charge in [-0.3, -0.25) is 9.97 Å². The van der Waals surface area contributed by atoms with E-state index in [1.54, 1.807) is 12.4 Å². The molecule has 3 rings (SSSR count). The molecule has 1 atom stereocenters. The molecule has 0 spiro atoms. The van der Waals surface area contributed by atoms with E-state index in [1.165, 1.54) is 5.39 Å². The van der Waals surface area contributed by atoms with Crippen LogP contribution >= 0.6 is 0 Å². The summed E-state index contributed by atoms with van der Waals surface area (Å²) in [4.78, 5) is 8.48. The molecule has 0 radical (unpaired) electrons. The zero-order valence-electron chi connectivity index (χ0n) is 10.5. The molecule has 2 aromatic heterocycles. The summed E-state index contributed by atoms with van der Waals surface area (Å²) in [6.45, 7) is 0. The lowest BCUT2D eigenvalue weighted by molar-refractivity contribution is 0.712. The van der Waals surface area contributed by atoms with E-state index >= 15 is 0 Å². The topological polar surface area (TPSA) is 51.8 Å². The van der Waals surface area contributed by atoms with Crippen LogP contribution < -0.4 is 5.73 Å². The predicted molar refractivity (Wildman–Crippen MR) is 76.6 cm³/mol. The van der Waals surface area contributed by atoms with Crippen molar-refractivity contribution in [3.05, 3.63) is 72.3 Å². The van der Waals surface area contributed by atoms with Gasteiger partial charge in [-0.05, 0) is 29.1 Å². The van der Waals surface area contributed by atoms with Crippen LogP contribution in [-0.4, -0.2) is 9.97 Å². The maximum Gasteiger partial charge on any atom is 0.0422 e. The summed E-state index contributed by atoms with van der Waals surface area (Å²) >= 11 is 0. The van der Waals surface area contributed by atoms with E-state index in [4.69, 9.17) is 5.73 Å². The summed E-state index contributed by atoms with van der Waals surface area (Å²) in [6, 6.07) is 14.0. The number of benzene rings is 1. The Labute approximate surface area is 112 Å². The fourth-order valence-electron chi connectivity index (χ4n) is 2.33. The average Bonchev–Trinajstić information content (AvgIpc) is 2.47. The molecule has 0 saturated carbocycles. The molecule has 2 N–H and O–H groups in total. The van der Waals surface area contributed by atoms with Gasteiger partial charge in [0.1, 0.15) is 0 Å². The zero-order chi connectivity index (χ0) is 13.1. The molecule has 19 heavy (non-hydrogen) atoms. The maximum absolute atomic E-state index is 6.33. The Balaban J connectivity index is 1.96. The van der Waals surface area contributed by atoms with Crippen molar-refractivity contribution < 1.29 is 0 Å². The molecule has 2 heterocycles. The van der Waals surface area contributed by atoms with Crippen molar-refractivity contribution in [2.75, 3.05) is 0 Å². The fraction of sp³-hybridized carbons (Fsp3) is 0.125. The molecule has 94 valence electrons. The number of rotatable bonds is 3.